The van der Waals surface area contributed by atoms with E-state index < -0.39 is 26.3 Å². The SMILES string of the molecule is COc1cc(F)c(S(=O)(=O)NCC2(N)CCCCC2)cc1OC. The highest BCUT2D eigenvalue weighted by Crippen LogP contribution is 2.32. The van der Waals surface area contributed by atoms with Gasteiger partial charge in [-0.2, -0.15) is 0 Å². The first-order valence-corrected chi connectivity index (χ1v) is 9.00. The molecule has 0 aliphatic heterocycles. The number of hydrogen-bond acceptors (Lipinski definition) is 5. The van der Waals surface area contributed by atoms with Crippen molar-refractivity contribution >= 4 is 10.0 Å². The van der Waals surface area contributed by atoms with E-state index in [0.717, 1.165) is 44.2 Å². The van der Waals surface area contributed by atoms with Crippen molar-refractivity contribution in [3.63, 3.8) is 0 Å². The molecule has 0 unspecified atom stereocenters. The first-order valence-electron chi connectivity index (χ1n) is 7.51. The monoisotopic (exact) mass is 346 g/mol. The summed E-state index contributed by atoms with van der Waals surface area (Å²) < 4.78 is 51.3. The average Bonchev–Trinajstić information content (AvgIpc) is 2.53. The molecule has 1 saturated carbocycles. The molecule has 8 heteroatoms. The second-order valence-electron chi connectivity index (χ2n) is 5.89. The Morgan fingerprint density at radius 2 is 1.74 bits per heavy atom. The third kappa shape index (κ3) is 4.13. The molecular formula is C15H23FN2O4S. The molecule has 0 radical (unpaired) electrons. The van der Waals surface area contributed by atoms with Crippen molar-refractivity contribution in [1.29, 1.82) is 0 Å². The van der Waals surface area contributed by atoms with Crippen LogP contribution >= 0.6 is 0 Å². The van der Waals surface area contributed by atoms with Crippen LogP contribution in [0, 0.1) is 5.82 Å². The van der Waals surface area contributed by atoms with Gasteiger partial charge in [-0.25, -0.2) is 17.5 Å². The third-order valence-electron chi connectivity index (χ3n) is 4.19. The van der Waals surface area contributed by atoms with Crippen molar-refractivity contribution in [2.75, 3.05) is 20.8 Å². The van der Waals surface area contributed by atoms with E-state index in [-0.39, 0.29) is 18.0 Å². The minimum Gasteiger partial charge on any atom is -0.493 e. The molecule has 0 saturated heterocycles. The van der Waals surface area contributed by atoms with Crippen LogP contribution in [0.5, 0.6) is 11.5 Å². The number of ether oxygens (including phenoxy) is 2. The first-order chi connectivity index (χ1) is 10.8. The Morgan fingerprint density at radius 1 is 1.17 bits per heavy atom. The number of hydrogen-bond donors (Lipinski definition) is 2. The molecule has 1 aliphatic carbocycles. The first kappa shape index (κ1) is 18.0. The van der Waals surface area contributed by atoms with E-state index in [1.54, 1.807) is 0 Å². The standard InChI is InChI=1S/C15H23FN2O4S/c1-21-12-8-11(16)14(9-13(12)22-2)23(19,20)18-10-15(17)6-4-3-5-7-15/h8-9,18H,3-7,10,17H2,1-2H3. The van der Waals surface area contributed by atoms with Crippen LogP contribution in [0.3, 0.4) is 0 Å². The molecule has 3 N–H and O–H groups in total. The fraction of sp³-hybridized carbons (Fsp3) is 0.600. The molecular weight excluding hydrogens is 323 g/mol. The lowest BCUT2D eigenvalue weighted by molar-refractivity contribution is 0.296. The van der Waals surface area contributed by atoms with Crippen molar-refractivity contribution < 1.29 is 22.3 Å². The van der Waals surface area contributed by atoms with Crippen LogP contribution in [0.15, 0.2) is 17.0 Å². The Labute approximate surface area is 136 Å². The quantitative estimate of drug-likeness (QED) is 0.819. The van der Waals surface area contributed by atoms with Gasteiger partial charge in [0.25, 0.3) is 0 Å². The Morgan fingerprint density at radius 3 is 2.30 bits per heavy atom. The van der Waals surface area contributed by atoms with E-state index in [2.05, 4.69) is 4.72 Å². The maximum Gasteiger partial charge on any atom is 0.243 e. The Kier molecular flexibility index (Phi) is 5.49. The third-order valence-corrected chi connectivity index (χ3v) is 5.61. The van der Waals surface area contributed by atoms with Gasteiger partial charge in [0.05, 0.1) is 14.2 Å². The number of methoxy groups -OCH3 is 2. The highest BCUT2D eigenvalue weighted by atomic mass is 32.2. The number of nitrogens with two attached hydrogens (primary N) is 1. The summed E-state index contributed by atoms with van der Waals surface area (Å²) in [7, 11) is -1.32. The predicted molar refractivity (Wildman–Crippen MR) is 84.7 cm³/mol. The van der Waals surface area contributed by atoms with Crippen molar-refractivity contribution in [2.24, 2.45) is 5.73 Å². The van der Waals surface area contributed by atoms with Gasteiger partial charge < -0.3 is 15.2 Å². The minimum atomic E-state index is -4.03. The highest BCUT2D eigenvalue weighted by molar-refractivity contribution is 7.89. The zero-order valence-electron chi connectivity index (χ0n) is 13.4. The van der Waals surface area contributed by atoms with Gasteiger partial charge in [0.2, 0.25) is 10.0 Å². The summed E-state index contributed by atoms with van der Waals surface area (Å²) in [6.07, 6.45) is 4.57. The summed E-state index contributed by atoms with van der Waals surface area (Å²) >= 11 is 0. The number of nitrogens with one attached hydrogen (secondary N) is 1. The van der Waals surface area contributed by atoms with Crippen LogP contribution in [0.25, 0.3) is 0 Å². The summed E-state index contributed by atoms with van der Waals surface area (Å²) in [6, 6.07) is 2.10. The summed E-state index contributed by atoms with van der Waals surface area (Å²) in [4.78, 5) is -0.477. The zero-order valence-corrected chi connectivity index (χ0v) is 14.2. The normalized spacial score (nSPS) is 17.7. The largest absolute Gasteiger partial charge is 0.493 e. The van der Waals surface area contributed by atoms with Crippen LogP contribution in [0.4, 0.5) is 4.39 Å². The molecule has 0 aromatic heterocycles. The van der Waals surface area contributed by atoms with Gasteiger partial charge in [0.15, 0.2) is 11.5 Å². The van der Waals surface area contributed by atoms with Crippen molar-refractivity contribution in [3.05, 3.63) is 17.9 Å². The van der Waals surface area contributed by atoms with E-state index in [0.29, 0.717) is 0 Å². The van der Waals surface area contributed by atoms with Gasteiger partial charge in [0, 0.05) is 24.2 Å². The van der Waals surface area contributed by atoms with Crippen LogP contribution in [0.1, 0.15) is 32.1 Å². The van der Waals surface area contributed by atoms with Crippen LogP contribution in [-0.4, -0.2) is 34.7 Å². The number of halogens is 1. The topological polar surface area (TPSA) is 90.7 Å². The Hall–Kier alpha value is -1.38. The molecule has 6 nitrogen and oxygen atoms in total. The predicted octanol–water partition coefficient (Wildman–Crippen LogP) is 1.78. The van der Waals surface area contributed by atoms with Gasteiger partial charge in [-0.15, -0.1) is 0 Å². The molecule has 2 rings (SSSR count). The molecule has 23 heavy (non-hydrogen) atoms. The van der Waals surface area contributed by atoms with Crippen LogP contribution < -0.4 is 19.9 Å². The van der Waals surface area contributed by atoms with Crippen LogP contribution in [-0.2, 0) is 10.0 Å². The van der Waals surface area contributed by atoms with Gasteiger partial charge in [-0.05, 0) is 12.8 Å². The number of benzene rings is 1. The molecule has 0 atom stereocenters. The van der Waals surface area contributed by atoms with Gasteiger partial charge >= 0.3 is 0 Å². The molecule has 1 fully saturated rings. The summed E-state index contributed by atoms with van der Waals surface area (Å²) in [6.45, 7) is 0.0864. The molecule has 0 amide bonds. The molecule has 0 bridgehead atoms. The smallest absolute Gasteiger partial charge is 0.243 e. The lowest BCUT2D eigenvalue weighted by Gasteiger charge is -2.33. The summed E-state index contributed by atoms with van der Waals surface area (Å²) in [5.74, 6) is -0.620. The van der Waals surface area contributed by atoms with Crippen LogP contribution in [0.2, 0.25) is 0 Å². The zero-order chi connectivity index (χ0) is 17.1. The van der Waals surface area contributed by atoms with E-state index in [1.807, 2.05) is 0 Å². The van der Waals surface area contributed by atoms with Crippen molar-refractivity contribution in [2.45, 2.75) is 42.5 Å². The lowest BCUT2D eigenvalue weighted by atomic mass is 9.83. The molecule has 1 aromatic rings. The molecule has 1 aromatic carbocycles. The maximum atomic E-state index is 14.1. The van der Waals surface area contributed by atoms with E-state index in [4.69, 9.17) is 15.2 Å². The van der Waals surface area contributed by atoms with Crippen molar-refractivity contribution in [3.8, 4) is 11.5 Å². The van der Waals surface area contributed by atoms with Crippen molar-refractivity contribution in [1.82, 2.24) is 4.72 Å². The average molecular weight is 346 g/mol. The fourth-order valence-electron chi connectivity index (χ4n) is 2.79. The van der Waals surface area contributed by atoms with Gasteiger partial charge in [-0.3, -0.25) is 0 Å². The summed E-state index contributed by atoms with van der Waals surface area (Å²) in [5, 5.41) is 0. The van der Waals surface area contributed by atoms with Gasteiger partial charge in [-0.1, -0.05) is 19.3 Å². The molecule has 1 aliphatic rings. The molecule has 130 valence electrons. The number of rotatable bonds is 6. The summed E-state index contributed by atoms with van der Waals surface area (Å²) in [5.41, 5.74) is 5.65. The van der Waals surface area contributed by atoms with E-state index >= 15 is 0 Å². The molecule has 0 heterocycles. The van der Waals surface area contributed by atoms with E-state index in [9.17, 15) is 12.8 Å². The maximum absolute atomic E-state index is 14.1. The molecule has 0 spiro atoms. The Balaban J connectivity index is 2.22. The number of sulfonamides is 1. The second-order valence-corrected chi connectivity index (χ2v) is 7.62. The second kappa shape index (κ2) is 7.02. The lowest BCUT2D eigenvalue weighted by Crippen LogP contribution is -2.51. The van der Waals surface area contributed by atoms with E-state index in [1.165, 1.54) is 14.2 Å². The minimum absolute atomic E-state index is 0.0864. The fourth-order valence-corrected chi connectivity index (χ4v) is 4.00. The Bertz CT molecular complexity index is 658. The van der Waals surface area contributed by atoms with Gasteiger partial charge in [0.1, 0.15) is 10.7 Å². The highest BCUT2D eigenvalue weighted by Gasteiger charge is 2.30.